The third kappa shape index (κ3) is 2.90. The summed E-state index contributed by atoms with van der Waals surface area (Å²) in [7, 11) is 0. The summed E-state index contributed by atoms with van der Waals surface area (Å²) in [4.78, 5) is 30.2. The summed E-state index contributed by atoms with van der Waals surface area (Å²) in [5.41, 5.74) is 1.60. The molecule has 5 nitrogen and oxygen atoms in total. The van der Waals surface area contributed by atoms with Crippen molar-refractivity contribution in [2.24, 2.45) is 0 Å². The van der Waals surface area contributed by atoms with Gasteiger partial charge in [-0.2, -0.15) is 0 Å². The lowest BCUT2D eigenvalue weighted by Gasteiger charge is -2.10. The fourth-order valence-electron chi connectivity index (χ4n) is 2.58. The first-order valence-electron chi connectivity index (χ1n) is 7.22. The van der Waals surface area contributed by atoms with Crippen LogP contribution < -0.4 is 5.56 Å². The summed E-state index contributed by atoms with van der Waals surface area (Å²) in [6.07, 6.45) is 0.426. The standard InChI is InChI=1S/C17H16N2O3S/c1-10-11(2)23-16-15(10)17(22)19(9-14(20)21)13(18-16)8-12-6-4-3-5-7-12/h3-7H,8-9H2,1-2H3,(H,20,21). The summed E-state index contributed by atoms with van der Waals surface area (Å²) >= 11 is 1.47. The summed E-state index contributed by atoms with van der Waals surface area (Å²) in [5.74, 6) is -0.565. The molecule has 0 aliphatic rings. The Labute approximate surface area is 136 Å². The van der Waals surface area contributed by atoms with Crippen molar-refractivity contribution in [2.75, 3.05) is 0 Å². The number of carboxylic acid groups (broad SMARTS) is 1. The Bertz CT molecular complexity index is 942. The van der Waals surface area contributed by atoms with E-state index in [4.69, 9.17) is 5.11 Å². The summed E-state index contributed by atoms with van der Waals surface area (Å²) < 4.78 is 1.27. The van der Waals surface area contributed by atoms with Crippen LogP contribution in [-0.4, -0.2) is 20.6 Å². The van der Waals surface area contributed by atoms with Gasteiger partial charge in [-0.25, -0.2) is 4.98 Å². The molecule has 0 saturated carbocycles. The smallest absolute Gasteiger partial charge is 0.323 e. The second kappa shape index (κ2) is 5.96. The van der Waals surface area contributed by atoms with Crippen LogP contribution in [0.5, 0.6) is 0 Å². The van der Waals surface area contributed by atoms with Crippen molar-refractivity contribution in [3.63, 3.8) is 0 Å². The first-order valence-corrected chi connectivity index (χ1v) is 8.04. The molecule has 2 aromatic heterocycles. The number of nitrogens with zero attached hydrogens (tertiary/aromatic N) is 2. The van der Waals surface area contributed by atoms with Gasteiger partial charge in [0.15, 0.2) is 0 Å². The molecule has 0 bridgehead atoms. The number of carboxylic acids is 1. The molecule has 0 spiro atoms. The Kier molecular flexibility index (Phi) is 4.00. The Morgan fingerprint density at radius 1 is 1.26 bits per heavy atom. The molecule has 3 rings (SSSR count). The van der Waals surface area contributed by atoms with Crippen molar-refractivity contribution < 1.29 is 9.90 Å². The van der Waals surface area contributed by atoms with E-state index in [-0.39, 0.29) is 12.1 Å². The van der Waals surface area contributed by atoms with E-state index in [1.165, 1.54) is 15.9 Å². The molecule has 6 heteroatoms. The third-order valence-electron chi connectivity index (χ3n) is 3.87. The predicted octanol–water partition coefficient (Wildman–Crippen LogP) is 2.75. The number of rotatable bonds is 4. The van der Waals surface area contributed by atoms with Crippen LogP contribution in [0.2, 0.25) is 0 Å². The molecular formula is C17H16N2O3S. The van der Waals surface area contributed by atoms with Crippen molar-refractivity contribution in [3.8, 4) is 0 Å². The Balaban J connectivity index is 2.22. The van der Waals surface area contributed by atoms with Crippen LogP contribution in [0, 0.1) is 13.8 Å². The van der Waals surface area contributed by atoms with Gasteiger partial charge >= 0.3 is 5.97 Å². The lowest BCUT2D eigenvalue weighted by Crippen LogP contribution is -2.28. The fourth-order valence-corrected chi connectivity index (χ4v) is 3.62. The SMILES string of the molecule is Cc1sc2nc(Cc3ccccc3)n(CC(=O)O)c(=O)c2c1C. The van der Waals surface area contributed by atoms with Crippen LogP contribution in [0.15, 0.2) is 35.1 Å². The predicted molar refractivity (Wildman–Crippen MR) is 90.2 cm³/mol. The highest BCUT2D eigenvalue weighted by molar-refractivity contribution is 7.18. The zero-order valence-electron chi connectivity index (χ0n) is 12.9. The van der Waals surface area contributed by atoms with E-state index in [0.29, 0.717) is 22.5 Å². The summed E-state index contributed by atoms with van der Waals surface area (Å²) in [5, 5.41) is 9.68. The molecule has 0 radical (unpaired) electrons. The van der Waals surface area contributed by atoms with Gasteiger partial charge in [0.1, 0.15) is 17.2 Å². The second-order valence-corrected chi connectivity index (χ2v) is 6.64. The van der Waals surface area contributed by atoms with E-state index in [9.17, 15) is 9.59 Å². The zero-order chi connectivity index (χ0) is 16.6. The molecule has 23 heavy (non-hydrogen) atoms. The van der Waals surface area contributed by atoms with Crippen LogP contribution in [0.25, 0.3) is 10.2 Å². The highest BCUT2D eigenvalue weighted by Gasteiger charge is 2.18. The Hall–Kier alpha value is -2.47. The lowest BCUT2D eigenvalue weighted by molar-refractivity contribution is -0.137. The zero-order valence-corrected chi connectivity index (χ0v) is 13.7. The van der Waals surface area contributed by atoms with E-state index in [1.54, 1.807) is 0 Å². The van der Waals surface area contributed by atoms with E-state index in [1.807, 2.05) is 44.2 Å². The minimum atomic E-state index is -1.05. The number of hydrogen-bond donors (Lipinski definition) is 1. The number of aromatic nitrogens is 2. The first kappa shape index (κ1) is 15.4. The number of benzene rings is 1. The average molecular weight is 328 g/mol. The molecule has 3 aromatic rings. The summed E-state index contributed by atoms with van der Waals surface area (Å²) in [6.45, 7) is 3.44. The van der Waals surface area contributed by atoms with Gasteiger partial charge in [0.25, 0.3) is 5.56 Å². The molecule has 0 aliphatic heterocycles. The maximum atomic E-state index is 12.8. The van der Waals surface area contributed by atoms with Crippen molar-refractivity contribution in [1.29, 1.82) is 0 Å². The van der Waals surface area contributed by atoms with Crippen molar-refractivity contribution in [1.82, 2.24) is 9.55 Å². The first-order chi connectivity index (χ1) is 11.0. The van der Waals surface area contributed by atoms with Gasteiger partial charge in [-0.05, 0) is 25.0 Å². The normalized spacial score (nSPS) is 11.0. The molecule has 0 amide bonds. The van der Waals surface area contributed by atoms with Crippen LogP contribution in [0.1, 0.15) is 21.8 Å². The molecule has 0 saturated heterocycles. The van der Waals surface area contributed by atoms with Gasteiger partial charge in [-0.1, -0.05) is 30.3 Å². The molecular weight excluding hydrogens is 312 g/mol. The fraction of sp³-hybridized carbons (Fsp3) is 0.235. The minimum Gasteiger partial charge on any atom is -0.480 e. The minimum absolute atomic E-state index is 0.273. The van der Waals surface area contributed by atoms with Gasteiger partial charge in [0, 0.05) is 11.3 Å². The van der Waals surface area contributed by atoms with E-state index in [2.05, 4.69) is 4.98 Å². The van der Waals surface area contributed by atoms with E-state index >= 15 is 0 Å². The van der Waals surface area contributed by atoms with Gasteiger partial charge < -0.3 is 5.11 Å². The van der Waals surface area contributed by atoms with Gasteiger partial charge in [-0.3, -0.25) is 14.2 Å². The van der Waals surface area contributed by atoms with Gasteiger partial charge in [0.2, 0.25) is 0 Å². The van der Waals surface area contributed by atoms with E-state index < -0.39 is 5.97 Å². The van der Waals surface area contributed by atoms with E-state index in [0.717, 1.165) is 16.0 Å². The van der Waals surface area contributed by atoms with Crippen molar-refractivity contribution >= 4 is 27.5 Å². The van der Waals surface area contributed by atoms with Crippen molar-refractivity contribution in [2.45, 2.75) is 26.8 Å². The molecule has 0 fully saturated rings. The summed E-state index contributed by atoms with van der Waals surface area (Å²) in [6, 6.07) is 9.61. The number of aryl methyl sites for hydroxylation is 2. The number of fused-ring (bicyclic) bond motifs is 1. The largest absolute Gasteiger partial charge is 0.480 e. The van der Waals surface area contributed by atoms with Crippen LogP contribution in [-0.2, 0) is 17.8 Å². The molecule has 0 unspecified atom stereocenters. The van der Waals surface area contributed by atoms with Crippen LogP contribution >= 0.6 is 11.3 Å². The number of aliphatic carboxylic acids is 1. The third-order valence-corrected chi connectivity index (χ3v) is 4.97. The Morgan fingerprint density at radius 2 is 1.96 bits per heavy atom. The molecule has 0 atom stereocenters. The number of hydrogen-bond acceptors (Lipinski definition) is 4. The lowest BCUT2D eigenvalue weighted by atomic mass is 10.1. The number of carbonyl (C=O) groups is 1. The molecule has 1 aromatic carbocycles. The molecule has 118 valence electrons. The molecule has 0 aliphatic carbocycles. The maximum Gasteiger partial charge on any atom is 0.323 e. The average Bonchev–Trinajstić information content (AvgIpc) is 2.79. The van der Waals surface area contributed by atoms with Gasteiger partial charge in [0.05, 0.1) is 5.39 Å². The highest BCUT2D eigenvalue weighted by Crippen LogP contribution is 2.26. The van der Waals surface area contributed by atoms with Crippen molar-refractivity contribution in [3.05, 3.63) is 62.5 Å². The second-order valence-electron chi connectivity index (χ2n) is 5.44. The quantitative estimate of drug-likeness (QED) is 0.799. The molecule has 1 N–H and O–H groups in total. The molecule has 2 heterocycles. The monoisotopic (exact) mass is 328 g/mol. The highest BCUT2D eigenvalue weighted by atomic mass is 32.1. The van der Waals surface area contributed by atoms with Crippen LogP contribution in [0.3, 0.4) is 0 Å². The Morgan fingerprint density at radius 3 is 2.61 bits per heavy atom. The topological polar surface area (TPSA) is 72.2 Å². The number of thiophene rings is 1. The maximum absolute atomic E-state index is 12.8. The van der Waals surface area contributed by atoms with Gasteiger partial charge in [-0.15, -0.1) is 11.3 Å². The van der Waals surface area contributed by atoms with Crippen LogP contribution in [0.4, 0.5) is 0 Å².